The Morgan fingerprint density at radius 2 is 1.15 bits per heavy atom. The van der Waals surface area contributed by atoms with Crippen molar-refractivity contribution in [2.75, 3.05) is 0 Å². The molecule has 27 heavy (non-hydrogen) atoms. The molecule has 0 spiro atoms. The van der Waals surface area contributed by atoms with E-state index in [1.165, 1.54) is 0 Å². The molecule has 0 heterocycles. The highest BCUT2D eigenvalue weighted by atomic mass is 32.2. The van der Waals surface area contributed by atoms with Crippen LogP contribution in [0, 0.1) is 0 Å². The van der Waals surface area contributed by atoms with E-state index in [4.69, 9.17) is 9.11 Å². The van der Waals surface area contributed by atoms with E-state index in [1.807, 2.05) is 0 Å². The summed E-state index contributed by atoms with van der Waals surface area (Å²) in [6.07, 6.45) is 0. The second kappa shape index (κ2) is 6.47. The Morgan fingerprint density at radius 1 is 0.741 bits per heavy atom. The van der Waals surface area contributed by atoms with Gasteiger partial charge in [-0.15, -0.1) is 0 Å². The summed E-state index contributed by atoms with van der Waals surface area (Å²) in [5, 5.41) is -13.8. The van der Waals surface area contributed by atoms with E-state index in [1.54, 1.807) is 0 Å². The molecular weight excluding hydrogens is 462 g/mol. The van der Waals surface area contributed by atoms with Crippen molar-refractivity contribution < 1.29 is 64.9 Å². The summed E-state index contributed by atoms with van der Waals surface area (Å²) in [7, 11) is -19.0. The van der Waals surface area contributed by atoms with Gasteiger partial charge in [-0.2, -0.15) is 51.6 Å². The third-order valence-corrected chi connectivity index (χ3v) is 5.76. The average molecular weight is 468 g/mol. The van der Waals surface area contributed by atoms with Crippen LogP contribution in [0.2, 0.25) is 0 Å². The summed E-state index contributed by atoms with van der Waals surface area (Å²) in [6.45, 7) is 0. The van der Waals surface area contributed by atoms with Crippen LogP contribution in [0.1, 0.15) is 0 Å². The molecule has 0 radical (unpaired) electrons. The molecule has 2 N–H and O–H groups in total. The van der Waals surface area contributed by atoms with E-state index in [0.29, 0.717) is 12.1 Å². The maximum atomic E-state index is 13.5. The molecule has 18 heteroatoms. The van der Waals surface area contributed by atoms with Crippen molar-refractivity contribution in [2.45, 2.75) is 21.3 Å². The molecule has 0 aliphatic heterocycles. The van der Waals surface area contributed by atoms with Crippen LogP contribution in [-0.2, 0) is 30.4 Å². The summed E-state index contributed by atoms with van der Waals surface area (Å²) in [4.78, 5) is -0.901. The fourth-order valence-electron chi connectivity index (χ4n) is 1.33. The molecule has 0 saturated heterocycles. The number of alkyl halides is 6. The molecule has 0 saturated carbocycles. The predicted molar refractivity (Wildman–Crippen MR) is 72.2 cm³/mol. The Hall–Kier alpha value is -1.63. The van der Waals surface area contributed by atoms with Gasteiger partial charge in [0.05, 0.1) is 4.90 Å². The van der Waals surface area contributed by atoms with Crippen molar-refractivity contribution in [1.82, 2.24) is 0 Å². The summed E-state index contributed by atoms with van der Waals surface area (Å²) >= 11 is 0. The third-order valence-electron chi connectivity index (χ3n) is 2.70. The number of hydrogen-bond acceptors (Lipinski definition) is 7. The molecular formula is C9H6F6O9S3. The summed E-state index contributed by atoms with van der Waals surface area (Å²) < 4.78 is 164. The van der Waals surface area contributed by atoms with Gasteiger partial charge in [-0.25, -0.2) is 0 Å². The number of halogens is 6. The minimum absolute atomic E-state index is 0.274. The van der Waals surface area contributed by atoms with Crippen LogP contribution >= 0.6 is 0 Å². The smallest absolute Gasteiger partial charge is 0.378 e. The zero-order valence-electron chi connectivity index (χ0n) is 12.1. The highest BCUT2D eigenvalue weighted by Gasteiger charge is 2.83. The van der Waals surface area contributed by atoms with E-state index in [-0.39, 0.29) is 12.1 Å². The Bertz CT molecular complexity index is 1030. The fraction of sp³-hybridized carbons (Fsp3) is 0.333. The molecule has 9 nitrogen and oxygen atoms in total. The summed E-state index contributed by atoms with van der Waals surface area (Å²) in [5.41, 5.74) is 0. The maximum absolute atomic E-state index is 13.5. The summed E-state index contributed by atoms with van der Waals surface area (Å²) in [6, 6.07) is 1.30. The van der Waals surface area contributed by atoms with E-state index in [0.717, 1.165) is 0 Å². The fourth-order valence-corrected chi connectivity index (χ4v) is 3.24. The van der Waals surface area contributed by atoms with Crippen LogP contribution in [0.3, 0.4) is 0 Å². The van der Waals surface area contributed by atoms with Crippen molar-refractivity contribution in [3.63, 3.8) is 0 Å². The molecule has 0 bridgehead atoms. The first-order chi connectivity index (χ1) is 11.7. The Labute approximate surface area is 147 Å². The minimum atomic E-state index is -7.18. The highest BCUT2D eigenvalue weighted by Crippen LogP contribution is 2.50. The van der Waals surface area contributed by atoms with Gasteiger partial charge in [0.15, 0.2) is 0 Å². The molecule has 0 amide bonds. The molecule has 1 aromatic rings. The van der Waals surface area contributed by atoms with Gasteiger partial charge in [0.1, 0.15) is 5.75 Å². The second-order valence-corrected chi connectivity index (χ2v) is 9.04. The van der Waals surface area contributed by atoms with E-state index >= 15 is 0 Å². The average Bonchev–Trinajstić information content (AvgIpc) is 2.44. The quantitative estimate of drug-likeness (QED) is 0.343. The van der Waals surface area contributed by atoms with Gasteiger partial charge in [-0.05, 0) is 24.3 Å². The molecule has 0 aliphatic carbocycles. The van der Waals surface area contributed by atoms with Crippen molar-refractivity contribution in [3.8, 4) is 5.75 Å². The first-order valence-corrected chi connectivity index (χ1v) is 10.1. The van der Waals surface area contributed by atoms with E-state index in [9.17, 15) is 51.6 Å². The lowest BCUT2D eigenvalue weighted by Gasteiger charge is -2.29. The number of benzene rings is 1. The van der Waals surface area contributed by atoms with Crippen LogP contribution in [0.25, 0.3) is 0 Å². The van der Waals surface area contributed by atoms with Gasteiger partial charge >= 0.3 is 36.7 Å². The maximum Gasteiger partial charge on any atom is 0.450 e. The van der Waals surface area contributed by atoms with Gasteiger partial charge in [-0.1, -0.05) is 0 Å². The van der Waals surface area contributed by atoms with Crippen LogP contribution in [0.15, 0.2) is 29.2 Å². The van der Waals surface area contributed by atoms with E-state index in [2.05, 4.69) is 4.18 Å². The first-order valence-electron chi connectivity index (χ1n) is 5.80. The van der Waals surface area contributed by atoms with Crippen molar-refractivity contribution in [3.05, 3.63) is 24.3 Å². The Balaban J connectivity index is 3.37. The SMILES string of the molecule is O=S(=O)(O)c1ccc(OS(=O)(=O)C(F)(F)C(F)(F)C(F)(F)S(=O)(=O)O)cc1. The Kier molecular flexibility index (Phi) is 5.61. The predicted octanol–water partition coefficient (Wildman–Crippen LogP) is 1.35. The first kappa shape index (κ1) is 23.4. The number of hydrogen-bond donors (Lipinski definition) is 2. The molecule has 0 unspecified atom stereocenters. The van der Waals surface area contributed by atoms with Crippen molar-refractivity contribution in [2.24, 2.45) is 0 Å². The highest BCUT2D eigenvalue weighted by molar-refractivity contribution is 7.89. The molecule has 156 valence electrons. The summed E-state index contributed by atoms with van der Waals surface area (Å²) in [5.74, 6) is -8.46. The van der Waals surface area contributed by atoms with Gasteiger partial charge in [0, 0.05) is 0 Å². The normalized spacial score (nSPS) is 14.8. The van der Waals surface area contributed by atoms with E-state index < -0.39 is 57.4 Å². The molecule has 0 aromatic heterocycles. The standard InChI is InChI=1S/C9H6F6O9S3/c10-7(11,8(12,13)26(19,20)21)9(14,15)27(22,23)24-5-1-3-6(4-2-5)25(16,17)18/h1-4H,(H,16,17,18)(H,19,20,21). The molecule has 1 rings (SSSR count). The zero-order chi connectivity index (χ0) is 21.7. The topological polar surface area (TPSA) is 152 Å². The van der Waals surface area contributed by atoms with Crippen LogP contribution < -0.4 is 4.18 Å². The molecule has 1 aromatic carbocycles. The lowest BCUT2D eigenvalue weighted by atomic mass is 10.3. The lowest BCUT2D eigenvalue weighted by Crippen LogP contribution is -2.61. The van der Waals surface area contributed by atoms with Crippen LogP contribution in [0.4, 0.5) is 26.3 Å². The molecule has 0 fully saturated rings. The van der Waals surface area contributed by atoms with Crippen molar-refractivity contribution >= 4 is 30.4 Å². The van der Waals surface area contributed by atoms with Crippen molar-refractivity contribution in [1.29, 1.82) is 0 Å². The molecule has 0 aliphatic rings. The van der Waals surface area contributed by atoms with Crippen LogP contribution in [0.5, 0.6) is 5.75 Å². The third kappa shape index (κ3) is 3.98. The van der Waals surface area contributed by atoms with Crippen LogP contribution in [-0.4, -0.2) is 50.8 Å². The molecule has 0 atom stereocenters. The van der Waals surface area contributed by atoms with Gasteiger partial charge < -0.3 is 4.18 Å². The second-order valence-electron chi connectivity index (χ2n) is 4.57. The van der Waals surface area contributed by atoms with Gasteiger partial charge in [0.25, 0.3) is 10.1 Å². The Morgan fingerprint density at radius 3 is 1.48 bits per heavy atom. The van der Waals surface area contributed by atoms with Gasteiger partial charge in [0.2, 0.25) is 0 Å². The van der Waals surface area contributed by atoms with Gasteiger partial charge in [-0.3, -0.25) is 9.11 Å². The number of rotatable bonds is 7. The monoisotopic (exact) mass is 468 g/mol. The largest absolute Gasteiger partial charge is 0.450 e. The lowest BCUT2D eigenvalue weighted by molar-refractivity contribution is -0.247. The zero-order valence-corrected chi connectivity index (χ0v) is 14.5. The minimum Gasteiger partial charge on any atom is -0.378 e.